The zero-order valence-corrected chi connectivity index (χ0v) is 9.64. The zero-order valence-electron chi connectivity index (χ0n) is 9.64. The lowest BCUT2D eigenvalue weighted by Crippen LogP contribution is -2.37. The van der Waals surface area contributed by atoms with Crippen molar-refractivity contribution in [2.75, 3.05) is 6.54 Å². The molecule has 1 saturated heterocycles. The summed E-state index contributed by atoms with van der Waals surface area (Å²) in [5.41, 5.74) is -0.683. The number of likely N-dealkylation sites (tertiary alicyclic amines) is 1. The Morgan fingerprint density at radius 1 is 1.53 bits per heavy atom. The number of carbonyl (C=O) groups excluding carboxylic acids is 3. The maximum Gasteiger partial charge on any atom is 0.236 e. The number of carboxylic acids is 1. The van der Waals surface area contributed by atoms with Crippen LogP contribution in [0, 0.1) is 11.3 Å². The van der Waals surface area contributed by atoms with Crippen molar-refractivity contribution < 1.29 is 19.5 Å². The second-order valence-corrected chi connectivity index (χ2v) is 4.80. The number of hydrogen-bond acceptors (Lipinski definition) is 4. The van der Waals surface area contributed by atoms with Gasteiger partial charge < -0.3 is 9.90 Å². The molecule has 1 fully saturated rings. The number of carbonyl (C=O) groups is 3. The number of aliphatic carboxylic acids is 1. The van der Waals surface area contributed by atoms with Gasteiger partial charge in [0.2, 0.25) is 11.8 Å². The Bertz CT molecular complexity index is 415. The quantitative estimate of drug-likeness (QED) is 0.487. The summed E-state index contributed by atoms with van der Waals surface area (Å²) < 4.78 is 0. The van der Waals surface area contributed by atoms with Crippen LogP contribution in [-0.4, -0.2) is 29.2 Å². The number of nitrogens with zero attached hydrogens (tertiary/aromatic N) is 1. The second kappa shape index (κ2) is 3.98. The van der Waals surface area contributed by atoms with Crippen molar-refractivity contribution in [2.24, 2.45) is 11.3 Å². The first-order valence-electron chi connectivity index (χ1n) is 5.67. The Labute approximate surface area is 99.1 Å². The molecule has 2 rings (SSSR count). The maximum atomic E-state index is 12.1. The van der Waals surface area contributed by atoms with Gasteiger partial charge in [-0.15, -0.1) is 0 Å². The number of allylic oxidation sites excluding steroid dienone is 2. The second-order valence-electron chi connectivity index (χ2n) is 4.80. The van der Waals surface area contributed by atoms with E-state index < -0.39 is 11.4 Å². The van der Waals surface area contributed by atoms with Gasteiger partial charge in [0, 0.05) is 18.9 Å². The molecule has 1 aliphatic heterocycles. The summed E-state index contributed by atoms with van der Waals surface area (Å²) in [5, 5.41) is 10.4. The van der Waals surface area contributed by atoms with Crippen LogP contribution < -0.4 is 5.11 Å². The molecule has 5 heteroatoms. The largest absolute Gasteiger partial charge is 0.550 e. The van der Waals surface area contributed by atoms with Crippen LogP contribution in [0.3, 0.4) is 0 Å². The molecule has 0 unspecified atom stereocenters. The first-order valence-corrected chi connectivity index (χ1v) is 5.67. The van der Waals surface area contributed by atoms with Crippen molar-refractivity contribution in [1.29, 1.82) is 0 Å². The van der Waals surface area contributed by atoms with Gasteiger partial charge in [-0.25, -0.2) is 0 Å². The molecule has 17 heavy (non-hydrogen) atoms. The molecule has 0 radical (unpaired) electrons. The summed E-state index contributed by atoms with van der Waals surface area (Å²) >= 11 is 0. The van der Waals surface area contributed by atoms with Gasteiger partial charge in [0.1, 0.15) is 0 Å². The van der Waals surface area contributed by atoms with Crippen LogP contribution in [-0.2, 0) is 14.4 Å². The molecule has 1 aliphatic carbocycles. The van der Waals surface area contributed by atoms with E-state index in [9.17, 15) is 19.5 Å². The van der Waals surface area contributed by atoms with Crippen molar-refractivity contribution in [2.45, 2.75) is 26.2 Å². The summed E-state index contributed by atoms with van der Waals surface area (Å²) in [6, 6.07) is 0. The highest BCUT2D eigenvalue weighted by atomic mass is 16.4. The van der Waals surface area contributed by atoms with E-state index in [2.05, 4.69) is 0 Å². The molecule has 0 bridgehead atoms. The van der Waals surface area contributed by atoms with Crippen molar-refractivity contribution in [1.82, 2.24) is 4.90 Å². The van der Waals surface area contributed by atoms with Crippen LogP contribution in [0.15, 0.2) is 12.2 Å². The van der Waals surface area contributed by atoms with E-state index in [0.29, 0.717) is 12.8 Å². The lowest BCUT2D eigenvalue weighted by molar-refractivity contribution is -0.305. The van der Waals surface area contributed by atoms with Gasteiger partial charge in [0.05, 0.1) is 11.3 Å². The SMILES string of the molecule is C[C@@]12CC=CC[C@H]1C(=O)N(CCC(=O)[O-])C2=O. The molecule has 0 spiro atoms. The van der Waals surface area contributed by atoms with Crippen LogP contribution in [0.4, 0.5) is 0 Å². The van der Waals surface area contributed by atoms with E-state index in [1.54, 1.807) is 6.92 Å². The molecule has 0 saturated carbocycles. The standard InChI is InChI=1S/C12H15NO4/c1-12-6-3-2-4-8(12)10(16)13(11(12)17)7-5-9(14)15/h2-3,8H,4-7H2,1H3,(H,14,15)/p-1/t8-,12+/m0/s1. The molecular weight excluding hydrogens is 222 g/mol. The fourth-order valence-corrected chi connectivity index (χ4v) is 2.58. The van der Waals surface area contributed by atoms with Gasteiger partial charge in [0.15, 0.2) is 0 Å². The average Bonchev–Trinajstić information content (AvgIpc) is 2.46. The Kier molecular flexibility index (Phi) is 2.77. The highest BCUT2D eigenvalue weighted by Crippen LogP contribution is 2.45. The van der Waals surface area contributed by atoms with E-state index in [-0.39, 0.29) is 30.7 Å². The monoisotopic (exact) mass is 236 g/mol. The molecule has 0 aromatic heterocycles. The van der Waals surface area contributed by atoms with E-state index in [0.717, 1.165) is 4.90 Å². The highest BCUT2D eigenvalue weighted by Gasteiger charge is 2.55. The van der Waals surface area contributed by atoms with E-state index in [1.807, 2.05) is 12.2 Å². The minimum absolute atomic E-state index is 0.0773. The van der Waals surface area contributed by atoms with E-state index in [4.69, 9.17) is 0 Å². The maximum absolute atomic E-state index is 12.1. The smallest absolute Gasteiger partial charge is 0.236 e. The number of amides is 2. The average molecular weight is 236 g/mol. The minimum Gasteiger partial charge on any atom is -0.550 e. The Hall–Kier alpha value is -1.65. The van der Waals surface area contributed by atoms with Crippen LogP contribution in [0.2, 0.25) is 0 Å². The predicted octanol–water partition coefficient (Wildman–Crippen LogP) is -0.532. The minimum atomic E-state index is -1.25. The molecule has 0 N–H and O–H groups in total. The van der Waals surface area contributed by atoms with Crippen LogP contribution in [0.25, 0.3) is 0 Å². The van der Waals surface area contributed by atoms with Gasteiger partial charge in [-0.3, -0.25) is 14.5 Å². The lowest BCUT2D eigenvalue weighted by Gasteiger charge is -2.27. The van der Waals surface area contributed by atoms with E-state index in [1.165, 1.54) is 0 Å². The molecule has 2 atom stereocenters. The summed E-state index contributed by atoms with van der Waals surface area (Å²) in [5.74, 6) is -2.08. The van der Waals surface area contributed by atoms with Gasteiger partial charge in [-0.2, -0.15) is 0 Å². The summed E-state index contributed by atoms with van der Waals surface area (Å²) in [6.45, 7) is 1.70. The number of carboxylic acid groups (broad SMARTS) is 1. The fourth-order valence-electron chi connectivity index (χ4n) is 2.58. The molecule has 0 aromatic carbocycles. The third-order valence-corrected chi connectivity index (χ3v) is 3.69. The third kappa shape index (κ3) is 1.75. The molecule has 0 aromatic rings. The number of rotatable bonds is 3. The number of hydrogen-bond donors (Lipinski definition) is 0. The van der Waals surface area contributed by atoms with Crippen LogP contribution in [0.1, 0.15) is 26.2 Å². The van der Waals surface area contributed by atoms with Crippen molar-refractivity contribution in [3.8, 4) is 0 Å². The molecule has 92 valence electrons. The van der Waals surface area contributed by atoms with Gasteiger partial charge in [0.25, 0.3) is 0 Å². The van der Waals surface area contributed by atoms with Gasteiger partial charge >= 0.3 is 0 Å². The van der Waals surface area contributed by atoms with Crippen molar-refractivity contribution in [3.63, 3.8) is 0 Å². The molecule has 5 nitrogen and oxygen atoms in total. The van der Waals surface area contributed by atoms with Crippen LogP contribution in [0.5, 0.6) is 0 Å². The first kappa shape index (κ1) is 11.8. The lowest BCUT2D eigenvalue weighted by atomic mass is 9.72. The first-order chi connectivity index (χ1) is 7.97. The normalized spacial score (nSPS) is 31.8. The Balaban J connectivity index is 2.19. The Morgan fingerprint density at radius 3 is 2.82 bits per heavy atom. The van der Waals surface area contributed by atoms with E-state index >= 15 is 0 Å². The number of imide groups is 1. The topological polar surface area (TPSA) is 77.5 Å². The fraction of sp³-hybridized carbons (Fsp3) is 0.583. The number of fused-ring (bicyclic) bond motifs is 1. The molecular formula is C12H14NO4-. The van der Waals surface area contributed by atoms with Gasteiger partial charge in [-0.1, -0.05) is 12.2 Å². The Morgan fingerprint density at radius 2 is 2.24 bits per heavy atom. The third-order valence-electron chi connectivity index (χ3n) is 3.69. The van der Waals surface area contributed by atoms with Crippen LogP contribution >= 0.6 is 0 Å². The molecule has 2 amide bonds. The molecule has 2 aliphatic rings. The van der Waals surface area contributed by atoms with Crippen molar-refractivity contribution >= 4 is 17.8 Å². The summed E-state index contributed by atoms with van der Waals surface area (Å²) in [6.07, 6.45) is 4.62. The summed E-state index contributed by atoms with van der Waals surface area (Å²) in [7, 11) is 0. The predicted molar refractivity (Wildman–Crippen MR) is 56.3 cm³/mol. The van der Waals surface area contributed by atoms with Gasteiger partial charge in [-0.05, 0) is 19.8 Å². The van der Waals surface area contributed by atoms with Crippen molar-refractivity contribution in [3.05, 3.63) is 12.2 Å². The zero-order chi connectivity index (χ0) is 12.6. The summed E-state index contributed by atoms with van der Waals surface area (Å²) in [4.78, 5) is 35.6. The highest BCUT2D eigenvalue weighted by molar-refractivity contribution is 6.07. The molecule has 1 heterocycles.